The Hall–Kier alpha value is -0.0800. The zero-order valence-corrected chi connectivity index (χ0v) is 11.5. The van der Waals surface area contributed by atoms with E-state index in [1.54, 1.807) is 0 Å². The molecule has 0 aromatic rings. The van der Waals surface area contributed by atoms with E-state index < -0.39 is 0 Å². The largest absolute Gasteiger partial charge is 0.375 e. The van der Waals surface area contributed by atoms with E-state index in [1.807, 2.05) is 0 Å². The molecule has 1 rings (SSSR count). The van der Waals surface area contributed by atoms with E-state index >= 15 is 0 Å². The number of nitrogens with one attached hydrogen (secondary N) is 1. The maximum atomic E-state index is 5.70. The normalized spacial score (nSPS) is 21.0. The molecule has 1 N–H and O–H groups in total. The second-order valence-corrected chi connectivity index (χ2v) is 5.76. The van der Waals surface area contributed by atoms with E-state index in [-0.39, 0.29) is 5.60 Å². The Morgan fingerprint density at radius 2 is 1.88 bits per heavy atom. The minimum absolute atomic E-state index is 0.0301. The third-order valence-electron chi connectivity index (χ3n) is 3.74. The number of ether oxygens (including phenoxy) is 1. The molecule has 1 atom stereocenters. The van der Waals surface area contributed by atoms with Crippen LogP contribution in [0.2, 0.25) is 0 Å². The zero-order valence-electron chi connectivity index (χ0n) is 11.5. The molecule has 1 fully saturated rings. The highest BCUT2D eigenvalue weighted by atomic mass is 16.5. The minimum Gasteiger partial charge on any atom is -0.375 e. The van der Waals surface area contributed by atoms with Crippen molar-refractivity contribution in [2.24, 2.45) is 5.92 Å². The molecule has 0 amide bonds. The van der Waals surface area contributed by atoms with Crippen LogP contribution in [0.15, 0.2) is 0 Å². The maximum absolute atomic E-state index is 5.70. The van der Waals surface area contributed by atoms with Crippen LogP contribution in [0.4, 0.5) is 0 Å². The minimum atomic E-state index is -0.0301. The zero-order chi connectivity index (χ0) is 12.0. The lowest BCUT2D eigenvalue weighted by atomic mass is 9.84. The summed E-state index contributed by atoms with van der Waals surface area (Å²) in [6.45, 7) is 10.5. The highest BCUT2D eigenvalue weighted by Crippen LogP contribution is 2.26. The van der Waals surface area contributed by atoms with Gasteiger partial charge in [0, 0.05) is 19.2 Å². The van der Waals surface area contributed by atoms with Gasteiger partial charge in [-0.25, -0.2) is 0 Å². The fraction of sp³-hybridized carbons (Fsp3) is 1.00. The van der Waals surface area contributed by atoms with Crippen LogP contribution in [-0.4, -0.2) is 24.8 Å². The van der Waals surface area contributed by atoms with Crippen molar-refractivity contribution < 1.29 is 4.74 Å². The summed E-state index contributed by atoms with van der Waals surface area (Å²) in [6, 6.07) is 0.639. The first kappa shape index (κ1) is 14.0. The fourth-order valence-corrected chi connectivity index (χ4v) is 2.65. The van der Waals surface area contributed by atoms with E-state index in [9.17, 15) is 0 Å². The van der Waals surface area contributed by atoms with Gasteiger partial charge in [-0.05, 0) is 46.5 Å². The molecule has 0 bridgehead atoms. The Balaban J connectivity index is 2.25. The van der Waals surface area contributed by atoms with Crippen LogP contribution in [0.5, 0.6) is 0 Å². The summed E-state index contributed by atoms with van der Waals surface area (Å²) >= 11 is 0. The summed E-state index contributed by atoms with van der Waals surface area (Å²) in [7, 11) is 0. The van der Waals surface area contributed by atoms with E-state index in [1.165, 1.54) is 32.1 Å². The van der Waals surface area contributed by atoms with Gasteiger partial charge >= 0.3 is 0 Å². The maximum Gasteiger partial charge on any atom is 0.0750 e. The van der Waals surface area contributed by atoms with Crippen molar-refractivity contribution in [1.82, 2.24) is 5.32 Å². The lowest BCUT2D eigenvalue weighted by molar-refractivity contribution is -0.0118. The van der Waals surface area contributed by atoms with Gasteiger partial charge in [0.05, 0.1) is 5.60 Å². The number of hydrogen-bond donors (Lipinski definition) is 1. The van der Waals surface area contributed by atoms with Crippen molar-refractivity contribution in [3.05, 3.63) is 0 Å². The molecule has 0 aliphatic heterocycles. The molecule has 1 aliphatic carbocycles. The van der Waals surface area contributed by atoms with Gasteiger partial charge in [-0.1, -0.05) is 19.3 Å². The number of hydrogen-bond acceptors (Lipinski definition) is 2. The van der Waals surface area contributed by atoms with Crippen molar-refractivity contribution >= 4 is 0 Å². The smallest absolute Gasteiger partial charge is 0.0750 e. The highest BCUT2D eigenvalue weighted by Gasteiger charge is 2.23. The van der Waals surface area contributed by atoms with Crippen molar-refractivity contribution in [2.75, 3.05) is 13.2 Å². The molecule has 0 heterocycles. The predicted molar refractivity (Wildman–Crippen MR) is 69.7 cm³/mol. The standard InChI is InChI=1S/C14H29NO/c1-5-16-14(3,4)11-15-12(2)13-9-7-6-8-10-13/h12-13,15H,5-11H2,1-4H3. The van der Waals surface area contributed by atoms with Crippen LogP contribution in [0.3, 0.4) is 0 Å². The summed E-state index contributed by atoms with van der Waals surface area (Å²) in [4.78, 5) is 0. The molecule has 1 saturated carbocycles. The SMILES string of the molecule is CCOC(C)(C)CNC(C)C1CCCCC1. The molecule has 1 aliphatic rings. The summed E-state index contributed by atoms with van der Waals surface area (Å²) in [6.07, 6.45) is 7.09. The van der Waals surface area contributed by atoms with Gasteiger partial charge in [0.1, 0.15) is 0 Å². The molecule has 2 heteroatoms. The summed E-state index contributed by atoms with van der Waals surface area (Å²) in [5.74, 6) is 0.881. The quantitative estimate of drug-likeness (QED) is 0.751. The molecule has 1 unspecified atom stereocenters. The van der Waals surface area contributed by atoms with E-state index in [0.29, 0.717) is 6.04 Å². The molecule has 16 heavy (non-hydrogen) atoms. The molecular formula is C14H29NO. The van der Waals surface area contributed by atoms with Gasteiger partial charge in [-0.3, -0.25) is 0 Å². The van der Waals surface area contributed by atoms with Crippen LogP contribution in [0, 0.1) is 5.92 Å². The molecule has 96 valence electrons. The van der Waals surface area contributed by atoms with Gasteiger partial charge in [-0.2, -0.15) is 0 Å². The Morgan fingerprint density at radius 1 is 1.25 bits per heavy atom. The van der Waals surface area contributed by atoms with Gasteiger partial charge in [0.25, 0.3) is 0 Å². The number of rotatable bonds is 6. The molecule has 0 radical (unpaired) electrons. The topological polar surface area (TPSA) is 21.3 Å². The van der Waals surface area contributed by atoms with Gasteiger partial charge < -0.3 is 10.1 Å². The molecular weight excluding hydrogens is 198 g/mol. The lowest BCUT2D eigenvalue weighted by Gasteiger charge is -2.32. The summed E-state index contributed by atoms with van der Waals surface area (Å²) < 4.78 is 5.70. The fourth-order valence-electron chi connectivity index (χ4n) is 2.65. The van der Waals surface area contributed by atoms with E-state index in [2.05, 4.69) is 33.0 Å². The van der Waals surface area contributed by atoms with Crippen molar-refractivity contribution in [1.29, 1.82) is 0 Å². The highest BCUT2D eigenvalue weighted by molar-refractivity contribution is 4.80. The van der Waals surface area contributed by atoms with Crippen LogP contribution >= 0.6 is 0 Å². The van der Waals surface area contributed by atoms with Crippen LogP contribution in [0.25, 0.3) is 0 Å². The van der Waals surface area contributed by atoms with Crippen LogP contribution < -0.4 is 5.32 Å². The Morgan fingerprint density at radius 3 is 2.44 bits per heavy atom. The average Bonchev–Trinajstić information content (AvgIpc) is 2.27. The van der Waals surface area contributed by atoms with Gasteiger partial charge in [-0.15, -0.1) is 0 Å². The summed E-state index contributed by atoms with van der Waals surface area (Å²) in [5.41, 5.74) is -0.0301. The lowest BCUT2D eigenvalue weighted by Crippen LogP contribution is -2.44. The molecule has 2 nitrogen and oxygen atoms in total. The Bertz CT molecular complexity index is 185. The third kappa shape index (κ3) is 4.84. The van der Waals surface area contributed by atoms with Crippen LogP contribution in [-0.2, 0) is 4.74 Å². The summed E-state index contributed by atoms with van der Waals surface area (Å²) in [5, 5.41) is 3.65. The second kappa shape index (κ2) is 6.61. The Labute approximate surface area is 101 Å². The average molecular weight is 227 g/mol. The first-order valence-corrected chi connectivity index (χ1v) is 6.92. The van der Waals surface area contributed by atoms with Crippen molar-refractivity contribution in [2.45, 2.75) is 71.4 Å². The van der Waals surface area contributed by atoms with Crippen molar-refractivity contribution in [3.63, 3.8) is 0 Å². The molecule has 0 saturated heterocycles. The molecule has 0 aromatic heterocycles. The van der Waals surface area contributed by atoms with Crippen molar-refractivity contribution in [3.8, 4) is 0 Å². The molecule has 0 spiro atoms. The first-order chi connectivity index (χ1) is 7.55. The second-order valence-electron chi connectivity index (χ2n) is 5.76. The molecule has 0 aromatic carbocycles. The van der Waals surface area contributed by atoms with E-state index in [4.69, 9.17) is 4.74 Å². The van der Waals surface area contributed by atoms with E-state index in [0.717, 1.165) is 19.1 Å². The van der Waals surface area contributed by atoms with Gasteiger partial charge in [0.15, 0.2) is 0 Å². The monoisotopic (exact) mass is 227 g/mol. The third-order valence-corrected chi connectivity index (χ3v) is 3.74. The Kier molecular flexibility index (Phi) is 5.77. The van der Waals surface area contributed by atoms with Gasteiger partial charge in [0.2, 0.25) is 0 Å². The predicted octanol–water partition coefficient (Wildman–Crippen LogP) is 3.36. The van der Waals surface area contributed by atoms with Crippen LogP contribution in [0.1, 0.15) is 59.8 Å². The first-order valence-electron chi connectivity index (χ1n) is 6.92.